The molecule has 0 saturated heterocycles. The lowest BCUT2D eigenvalue weighted by Crippen LogP contribution is -2.09. The third kappa shape index (κ3) is 3.05. The average Bonchev–Trinajstić information content (AvgIpc) is 2.28. The fraction of sp³-hybridized carbons (Fsp3) is 0.231. The Labute approximate surface area is 94.7 Å². The molecule has 84 valence electrons. The summed E-state index contributed by atoms with van der Waals surface area (Å²) in [5.74, 6) is -0.670. The monoisotopic (exact) mass is 218 g/mol. The van der Waals surface area contributed by atoms with Crippen LogP contribution in [0.25, 0.3) is 0 Å². The number of hydrogen-bond donors (Lipinski definition) is 0. The quantitative estimate of drug-likeness (QED) is 0.442. The second kappa shape index (κ2) is 5.26. The second-order valence-corrected chi connectivity index (χ2v) is 3.56. The smallest absolute Gasteiger partial charge is 0.333 e. The number of rotatable bonds is 4. The van der Waals surface area contributed by atoms with Gasteiger partial charge in [-0.15, -0.1) is 0 Å². The highest BCUT2D eigenvalue weighted by molar-refractivity contribution is 6.03. The number of ketones is 1. The predicted octanol–water partition coefficient (Wildman–Crippen LogP) is 2.30. The van der Waals surface area contributed by atoms with Gasteiger partial charge in [0.1, 0.15) is 0 Å². The summed E-state index contributed by atoms with van der Waals surface area (Å²) in [6, 6.07) is 7.19. The second-order valence-electron chi connectivity index (χ2n) is 3.56. The number of carbonyl (C=O) groups excluding carboxylic acids is 2. The standard InChI is InChI=1S/C13H14O3/c1-9-4-6-11(7-5-9)12(14)8-10(2)13(15)16-3/h4-7H,2,8H2,1,3H3. The van der Waals surface area contributed by atoms with E-state index in [9.17, 15) is 9.59 Å². The fourth-order valence-electron chi connectivity index (χ4n) is 1.25. The molecular weight excluding hydrogens is 204 g/mol. The Morgan fingerprint density at radius 2 is 1.81 bits per heavy atom. The molecule has 0 aromatic heterocycles. The number of Topliss-reactive ketones (excluding diaryl/α,β-unsaturated/α-hetero) is 1. The number of ether oxygens (including phenoxy) is 1. The molecular formula is C13H14O3. The Kier molecular flexibility index (Phi) is 4.00. The van der Waals surface area contributed by atoms with Gasteiger partial charge in [0.25, 0.3) is 0 Å². The first-order valence-corrected chi connectivity index (χ1v) is 4.90. The molecule has 0 unspecified atom stereocenters. The molecule has 3 nitrogen and oxygen atoms in total. The number of methoxy groups -OCH3 is 1. The van der Waals surface area contributed by atoms with Crippen LogP contribution in [-0.2, 0) is 9.53 Å². The van der Waals surface area contributed by atoms with E-state index in [1.807, 2.05) is 19.1 Å². The van der Waals surface area contributed by atoms with Gasteiger partial charge < -0.3 is 4.74 Å². The molecule has 0 spiro atoms. The van der Waals surface area contributed by atoms with Crippen molar-refractivity contribution in [1.82, 2.24) is 0 Å². The van der Waals surface area contributed by atoms with E-state index in [2.05, 4.69) is 11.3 Å². The summed E-state index contributed by atoms with van der Waals surface area (Å²) in [6.07, 6.45) is -0.00423. The maximum Gasteiger partial charge on any atom is 0.333 e. The topological polar surface area (TPSA) is 43.4 Å². The summed E-state index contributed by atoms with van der Waals surface area (Å²) in [5, 5.41) is 0. The highest BCUT2D eigenvalue weighted by Crippen LogP contribution is 2.10. The van der Waals surface area contributed by atoms with Crippen LogP contribution in [0.2, 0.25) is 0 Å². The molecule has 1 aromatic carbocycles. The Bertz CT molecular complexity index is 415. The summed E-state index contributed by atoms with van der Waals surface area (Å²) < 4.78 is 4.48. The number of carbonyl (C=O) groups is 2. The van der Waals surface area contributed by atoms with E-state index in [1.165, 1.54) is 7.11 Å². The first-order chi connectivity index (χ1) is 7.54. The lowest BCUT2D eigenvalue weighted by molar-refractivity contribution is -0.136. The molecule has 16 heavy (non-hydrogen) atoms. The van der Waals surface area contributed by atoms with Gasteiger partial charge in [0.2, 0.25) is 0 Å². The van der Waals surface area contributed by atoms with E-state index in [-0.39, 0.29) is 17.8 Å². The SMILES string of the molecule is C=C(CC(=O)c1ccc(C)cc1)C(=O)OC. The van der Waals surface area contributed by atoms with E-state index >= 15 is 0 Å². The van der Waals surface area contributed by atoms with Crippen molar-refractivity contribution in [1.29, 1.82) is 0 Å². The summed E-state index contributed by atoms with van der Waals surface area (Å²) in [4.78, 5) is 22.8. The maximum atomic E-state index is 11.7. The van der Waals surface area contributed by atoms with Crippen LogP contribution in [0.4, 0.5) is 0 Å². The molecule has 0 amide bonds. The van der Waals surface area contributed by atoms with Crippen LogP contribution in [-0.4, -0.2) is 18.9 Å². The minimum Gasteiger partial charge on any atom is -0.466 e. The van der Waals surface area contributed by atoms with Crippen LogP contribution in [0.5, 0.6) is 0 Å². The van der Waals surface area contributed by atoms with Gasteiger partial charge >= 0.3 is 5.97 Å². The van der Waals surface area contributed by atoms with Gasteiger partial charge in [-0.1, -0.05) is 36.4 Å². The number of hydrogen-bond acceptors (Lipinski definition) is 3. The lowest BCUT2D eigenvalue weighted by atomic mass is 10.0. The zero-order valence-electron chi connectivity index (χ0n) is 9.45. The van der Waals surface area contributed by atoms with Gasteiger partial charge in [0, 0.05) is 17.6 Å². The Morgan fingerprint density at radius 1 is 1.25 bits per heavy atom. The van der Waals surface area contributed by atoms with Gasteiger partial charge in [0.15, 0.2) is 5.78 Å². The Morgan fingerprint density at radius 3 is 2.31 bits per heavy atom. The van der Waals surface area contributed by atoms with Crippen LogP contribution in [0.1, 0.15) is 22.3 Å². The molecule has 0 saturated carbocycles. The number of aryl methyl sites for hydroxylation is 1. The average molecular weight is 218 g/mol. The first-order valence-electron chi connectivity index (χ1n) is 4.90. The van der Waals surface area contributed by atoms with E-state index in [0.29, 0.717) is 5.56 Å². The molecule has 0 fully saturated rings. The minimum atomic E-state index is -0.541. The number of benzene rings is 1. The van der Waals surface area contributed by atoms with Crippen molar-refractivity contribution in [3.05, 3.63) is 47.5 Å². The molecule has 0 bridgehead atoms. The molecule has 1 aromatic rings. The molecule has 0 atom stereocenters. The summed E-state index contributed by atoms with van der Waals surface area (Å²) in [6.45, 7) is 5.46. The zero-order chi connectivity index (χ0) is 12.1. The molecule has 0 aliphatic rings. The van der Waals surface area contributed by atoms with Gasteiger partial charge in [-0.3, -0.25) is 4.79 Å². The van der Waals surface area contributed by atoms with Crippen molar-refractivity contribution in [2.75, 3.05) is 7.11 Å². The van der Waals surface area contributed by atoms with Crippen molar-refractivity contribution >= 4 is 11.8 Å². The van der Waals surface area contributed by atoms with Crippen LogP contribution in [0.15, 0.2) is 36.4 Å². The van der Waals surface area contributed by atoms with Crippen LogP contribution in [0, 0.1) is 6.92 Å². The molecule has 0 N–H and O–H groups in total. The molecule has 3 heteroatoms. The highest BCUT2D eigenvalue weighted by atomic mass is 16.5. The zero-order valence-corrected chi connectivity index (χ0v) is 9.45. The maximum absolute atomic E-state index is 11.7. The van der Waals surface area contributed by atoms with Crippen LogP contribution in [0.3, 0.4) is 0 Å². The molecule has 0 aliphatic heterocycles. The third-order valence-electron chi connectivity index (χ3n) is 2.22. The number of esters is 1. The van der Waals surface area contributed by atoms with Crippen molar-refractivity contribution in [2.24, 2.45) is 0 Å². The van der Waals surface area contributed by atoms with Crippen molar-refractivity contribution in [3.63, 3.8) is 0 Å². The fourth-order valence-corrected chi connectivity index (χ4v) is 1.25. The lowest BCUT2D eigenvalue weighted by Gasteiger charge is -2.03. The Hall–Kier alpha value is -1.90. The summed E-state index contributed by atoms with van der Waals surface area (Å²) in [7, 11) is 1.27. The molecule has 1 rings (SSSR count). The van der Waals surface area contributed by atoms with Crippen LogP contribution < -0.4 is 0 Å². The predicted molar refractivity (Wildman–Crippen MR) is 61.3 cm³/mol. The Balaban J connectivity index is 2.69. The van der Waals surface area contributed by atoms with E-state index in [4.69, 9.17) is 0 Å². The molecule has 0 heterocycles. The van der Waals surface area contributed by atoms with E-state index < -0.39 is 5.97 Å². The van der Waals surface area contributed by atoms with Gasteiger partial charge in [-0.2, -0.15) is 0 Å². The first kappa shape index (κ1) is 12.2. The molecule has 0 radical (unpaired) electrons. The van der Waals surface area contributed by atoms with E-state index in [1.54, 1.807) is 12.1 Å². The minimum absolute atomic E-state index is 0.00423. The van der Waals surface area contributed by atoms with Crippen molar-refractivity contribution in [3.8, 4) is 0 Å². The van der Waals surface area contributed by atoms with Crippen LogP contribution >= 0.6 is 0 Å². The normalized spacial score (nSPS) is 9.62. The van der Waals surface area contributed by atoms with Gasteiger partial charge in [-0.25, -0.2) is 4.79 Å². The summed E-state index contributed by atoms with van der Waals surface area (Å²) >= 11 is 0. The largest absolute Gasteiger partial charge is 0.466 e. The van der Waals surface area contributed by atoms with Crippen molar-refractivity contribution in [2.45, 2.75) is 13.3 Å². The third-order valence-corrected chi connectivity index (χ3v) is 2.22. The van der Waals surface area contributed by atoms with Gasteiger partial charge in [0.05, 0.1) is 7.11 Å². The molecule has 0 aliphatic carbocycles. The van der Waals surface area contributed by atoms with Gasteiger partial charge in [-0.05, 0) is 6.92 Å². The highest BCUT2D eigenvalue weighted by Gasteiger charge is 2.13. The summed E-state index contributed by atoms with van der Waals surface area (Å²) in [5.41, 5.74) is 1.84. The van der Waals surface area contributed by atoms with Crippen molar-refractivity contribution < 1.29 is 14.3 Å². The van der Waals surface area contributed by atoms with E-state index in [0.717, 1.165) is 5.56 Å².